The molecule has 0 saturated heterocycles. The van der Waals surface area contributed by atoms with Gasteiger partial charge in [-0.25, -0.2) is 8.42 Å². The van der Waals surface area contributed by atoms with Gasteiger partial charge in [0.25, 0.3) is 0 Å². The second-order valence-electron chi connectivity index (χ2n) is 4.21. The van der Waals surface area contributed by atoms with Crippen molar-refractivity contribution in [1.82, 2.24) is 0 Å². The highest BCUT2D eigenvalue weighted by atomic mass is 32.2. The van der Waals surface area contributed by atoms with E-state index in [2.05, 4.69) is 0 Å². The Balaban J connectivity index is 2.98. The monoisotopic (exact) mass is 271 g/mol. The lowest BCUT2D eigenvalue weighted by atomic mass is 10.1. The van der Waals surface area contributed by atoms with E-state index in [0.29, 0.717) is 22.7 Å². The molecule has 0 aliphatic heterocycles. The molecule has 0 amide bonds. The SMILES string of the molecule is CC(C)S(=O)(=O)c1cccc(CCC(N)=S)c1. The van der Waals surface area contributed by atoms with Gasteiger partial charge < -0.3 is 5.73 Å². The Kier molecular flexibility index (Phi) is 4.65. The Morgan fingerprint density at radius 3 is 2.59 bits per heavy atom. The lowest BCUT2D eigenvalue weighted by Crippen LogP contribution is -2.14. The van der Waals surface area contributed by atoms with Crippen LogP contribution in [0, 0.1) is 0 Å². The van der Waals surface area contributed by atoms with Gasteiger partial charge >= 0.3 is 0 Å². The van der Waals surface area contributed by atoms with Gasteiger partial charge in [0.05, 0.1) is 15.1 Å². The first-order valence-corrected chi connectivity index (χ1v) is 7.40. The molecule has 5 heteroatoms. The Bertz CT molecular complexity index is 507. The molecule has 1 rings (SSSR count). The van der Waals surface area contributed by atoms with Crippen molar-refractivity contribution in [3.63, 3.8) is 0 Å². The summed E-state index contributed by atoms with van der Waals surface area (Å²) in [6, 6.07) is 6.97. The van der Waals surface area contributed by atoms with E-state index in [9.17, 15) is 8.42 Å². The minimum absolute atomic E-state index is 0.368. The second kappa shape index (κ2) is 5.60. The first kappa shape index (κ1) is 14.1. The number of aryl methyl sites for hydroxylation is 1. The fraction of sp³-hybridized carbons (Fsp3) is 0.417. The number of hydrogen-bond donors (Lipinski definition) is 1. The van der Waals surface area contributed by atoms with Crippen LogP contribution >= 0.6 is 12.2 Å². The normalized spacial score (nSPS) is 11.7. The van der Waals surface area contributed by atoms with E-state index in [1.807, 2.05) is 6.07 Å². The Morgan fingerprint density at radius 1 is 1.41 bits per heavy atom. The third-order valence-corrected chi connectivity index (χ3v) is 4.86. The lowest BCUT2D eigenvalue weighted by Gasteiger charge is -2.09. The van der Waals surface area contributed by atoms with E-state index < -0.39 is 15.1 Å². The maximum absolute atomic E-state index is 12.0. The highest BCUT2D eigenvalue weighted by Crippen LogP contribution is 2.17. The molecule has 1 aromatic rings. The van der Waals surface area contributed by atoms with E-state index in [1.165, 1.54) is 0 Å². The van der Waals surface area contributed by atoms with Gasteiger partial charge in [-0.1, -0.05) is 24.4 Å². The quantitative estimate of drug-likeness (QED) is 0.833. The molecule has 0 unspecified atom stereocenters. The van der Waals surface area contributed by atoms with Crippen LogP contribution < -0.4 is 5.73 Å². The fourth-order valence-electron chi connectivity index (χ4n) is 1.42. The molecule has 0 radical (unpaired) electrons. The van der Waals surface area contributed by atoms with E-state index in [1.54, 1.807) is 32.0 Å². The fourth-order valence-corrected chi connectivity index (χ4v) is 2.65. The molecule has 94 valence electrons. The average molecular weight is 271 g/mol. The number of nitrogens with two attached hydrogens (primary N) is 1. The third kappa shape index (κ3) is 3.78. The van der Waals surface area contributed by atoms with E-state index in [4.69, 9.17) is 18.0 Å². The van der Waals surface area contributed by atoms with Gasteiger partial charge in [-0.3, -0.25) is 0 Å². The van der Waals surface area contributed by atoms with Crippen molar-refractivity contribution in [2.24, 2.45) is 5.73 Å². The highest BCUT2D eigenvalue weighted by molar-refractivity contribution is 7.92. The van der Waals surface area contributed by atoms with Gasteiger partial charge in [-0.15, -0.1) is 0 Å². The van der Waals surface area contributed by atoms with Crippen molar-refractivity contribution < 1.29 is 8.42 Å². The van der Waals surface area contributed by atoms with Gasteiger partial charge in [0.2, 0.25) is 0 Å². The zero-order chi connectivity index (χ0) is 13.1. The highest BCUT2D eigenvalue weighted by Gasteiger charge is 2.18. The van der Waals surface area contributed by atoms with E-state index in [0.717, 1.165) is 5.56 Å². The molecule has 0 aliphatic rings. The van der Waals surface area contributed by atoms with Gasteiger partial charge in [-0.05, 0) is 38.0 Å². The van der Waals surface area contributed by atoms with Crippen LogP contribution in [0.3, 0.4) is 0 Å². The molecule has 17 heavy (non-hydrogen) atoms. The van der Waals surface area contributed by atoms with Crippen LogP contribution in [0.25, 0.3) is 0 Å². The molecule has 0 heterocycles. The smallest absolute Gasteiger partial charge is 0.180 e. The largest absolute Gasteiger partial charge is 0.393 e. The minimum Gasteiger partial charge on any atom is -0.393 e. The summed E-state index contributed by atoms with van der Waals surface area (Å²) in [5, 5.41) is -0.409. The predicted molar refractivity (Wildman–Crippen MR) is 73.9 cm³/mol. The zero-order valence-corrected chi connectivity index (χ0v) is 11.6. The molecule has 2 N–H and O–H groups in total. The summed E-state index contributed by atoms with van der Waals surface area (Å²) in [6.07, 6.45) is 1.28. The number of hydrogen-bond acceptors (Lipinski definition) is 3. The molecule has 0 bridgehead atoms. The second-order valence-corrected chi connectivity index (χ2v) is 7.24. The summed E-state index contributed by atoms with van der Waals surface area (Å²) in [7, 11) is -3.20. The minimum atomic E-state index is -3.20. The van der Waals surface area contributed by atoms with Crippen LogP contribution in [0.1, 0.15) is 25.8 Å². The number of rotatable bonds is 5. The van der Waals surface area contributed by atoms with Crippen LogP contribution in [-0.2, 0) is 16.3 Å². The summed E-state index contributed by atoms with van der Waals surface area (Å²) < 4.78 is 23.9. The molecule has 0 aliphatic carbocycles. The standard InChI is InChI=1S/C12H17NO2S2/c1-9(2)17(14,15)11-5-3-4-10(8-11)6-7-12(13)16/h3-5,8-9H,6-7H2,1-2H3,(H2,13,16). The molecule has 0 fully saturated rings. The lowest BCUT2D eigenvalue weighted by molar-refractivity contribution is 0.587. The van der Waals surface area contributed by atoms with Gasteiger partial charge in [-0.2, -0.15) is 0 Å². The molecular weight excluding hydrogens is 254 g/mol. The zero-order valence-electron chi connectivity index (χ0n) is 10.0. The molecule has 1 aromatic carbocycles. The van der Waals surface area contributed by atoms with Crippen LogP contribution in [0.15, 0.2) is 29.2 Å². The molecule has 0 spiro atoms. The number of benzene rings is 1. The van der Waals surface area contributed by atoms with Crippen molar-refractivity contribution in [1.29, 1.82) is 0 Å². The number of thiocarbonyl (C=S) groups is 1. The van der Waals surface area contributed by atoms with Crippen LogP contribution in [0.5, 0.6) is 0 Å². The van der Waals surface area contributed by atoms with E-state index in [-0.39, 0.29) is 0 Å². The van der Waals surface area contributed by atoms with Crippen molar-refractivity contribution in [2.45, 2.75) is 36.8 Å². The molecule has 0 saturated carbocycles. The molecule has 3 nitrogen and oxygen atoms in total. The average Bonchev–Trinajstić information content (AvgIpc) is 2.26. The van der Waals surface area contributed by atoms with Crippen LogP contribution in [0.4, 0.5) is 0 Å². The van der Waals surface area contributed by atoms with Crippen molar-refractivity contribution >= 4 is 27.0 Å². The first-order valence-electron chi connectivity index (χ1n) is 5.45. The molecular formula is C12H17NO2S2. The number of sulfone groups is 1. The van der Waals surface area contributed by atoms with Crippen molar-refractivity contribution in [2.75, 3.05) is 0 Å². The van der Waals surface area contributed by atoms with Crippen LogP contribution in [0.2, 0.25) is 0 Å². The summed E-state index contributed by atoms with van der Waals surface area (Å²) in [4.78, 5) is 0.815. The Hall–Kier alpha value is -0.940. The summed E-state index contributed by atoms with van der Waals surface area (Å²) in [5.41, 5.74) is 6.37. The topological polar surface area (TPSA) is 60.2 Å². The van der Waals surface area contributed by atoms with Crippen molar-refractivity contribution in [3.8, 4) is 0 Å². The Morgan fingerprint density at radius 2 is 2.06 bits per heavy atom. The predicted octanol–water partition coefficient (Wildman–Crippen LogP) is 2.09. The first-order chi connectivity index (χ1) is 7.84. The third-order valence-electron chi connectivity index (χ3n) is 2.51. The summed E-state index contributed by atoms with van der Waals surface area (Å²) in [5.74, 6) is 0. The van der Waals surface area contributed by atoms with E-state index >= 15 is 0 Å². The Labute approximate surface area is 108 Å². The van der Waals surface area contributed by atoms with Gasteiger partial charge in [0, 0.05) is 6.42 Å². The summed E-state index contributed by atoms with van der Waals surface area (Å²) in [6.45, 7) is 3.36. The maximum atomic E-state index is 12.0. The van der Waals surface area contributed by atoms with Gasteiger partial charge in [0.1, 0.15) is 0 Å². The maximum Gasteiger partial charge on any atom is 0.180 e. The molecule has 0 atom stereocenters. The van der Waals surface area contributed by atoms with Crippen molar-refractivity contribution in [3.05, 3.63) is 29.8 Å². The van der Waals surface area contributed by atoms with Gasteiger partial charge in [0.15, 0.2) is 9.84 Å². The summed E-state index contributed by atoms with van der Waals surface area (Å²) >= 11 is 4.80. The molecule has 0 aromatic heterocycles. The van der Waals surface area contributed by atoms with Crippen LogP contribution in [-0.4, -0.2) is 18.7 Å².